The highest BCUT2D eigenvalue weighted by atomic mass is 19.4. The van der Waals surface area contributed by atoms with Crippen LogP contribution in [0.5, 0.6) is 0 Å². The van der Waals surface area contributed by atoms with Crippen molar-refractivity contribution in [1.82, 2.24) is 4.98 Å². The van der Waals surface area contributed by atoms with E-state index in [4.69, 9.17) is 0 Å². The third kappa shape index (κ3) is 2.42. The third-order valence-corrected chi connectivity index (χ3v) is 1.58. The highest BCUT2D eigenvalue weighted by Crippen LogP contribution is 2.31. The van der Waals surface area contributed by atoms with Crippen LogP contribution in [0, 0.1) is 5.95 Å². The standard InChI is InChI=1S/C8H5F4NO2/c1-15-7(14)4-2-6(9)13-3-5(4)8(10,11)12/h2-3H,1H3. The summed E-state index contributed by atoms with van der Waals surface area (Å²) >= 11 is 0. The predicted molar refractivity (Wildman–Crippen MR) is 40.5 cm³/mol. The Morgan fingerprint density at radius 2 is 2.07 bits per heavy atom. The summed E-state index contributed by atoms with van der Waals surface area (Å²) in [4.78, 5) is 13.7. The molecule has 0 aliphatic rings. The van der Waals surface area contributed by atoms with Crippen LogP contribution in [-0.2, 0) is 10.9 Å². The Balaban J connectivity index is 3.33. The normalized spacial score (nSPS) is 11.3. The van der Waals surface area contributed by atoms with Crippen LogP contribution in [0.4, 0.5) is 17.6 Å². The number of hydrogen-bond acceptors (Lipinski definition) is 3. The Bertz CT molecular complexity index is 389. The zero-order valence-electron chi connectivity index (χ0n) is 7.43. The van der Waals surface area contributed by atoms with Gasteiger partial charge in [0.25, 0.3) is 0 Å². The Kier molecular flexibility index (Phi) is 2.92. The molecule has 0 aromatic carbocycles. The number of rotatable bonds is 1. The summed E-state index contributed by atoms with van der Waals surface area (Å²) in [6.07, 6.45) is -4.52. The van der Waals surface area contributed by atoms with Crippen LogP contribution >= 0.6 is 0 Å². The number of nitrogens with zero attached hydrogens (tertiary/aromatic N) is 1. The summed E-state index contributed by atoms with van der Waals surface area (Å²) < 4.78 is 53.6. The van der Waals surface area contributed by atoms with Gasteiger partial charge in [0, 0.05) is 12.3 Å². The fourth-order valence-electron chi connectivity index (χ4n) is 0.935. The smallest absolute Gasteiger partial charge is 0.418 e. The number of pyridine rings is 1. The Hall–Kier alpha value is -1.66. The number of aromatic nitrogens is 1. The monoisotopic (exact) mass is 223 g/mol. The van der Waals surface area contributed by atoms with Crippen molar-refractivity contribution in [1.29, 1.82) is 0 Å². The number of alkyl halides is 3. The van der Waals surface area contributed by atoms with Gasteiger partial charge >= 0.3 is 12.1 Å². The van der Waals surface area contributed by atoms with Gasteiger partial charge in [0.2, 0.25) is 5.95 Å². The van der Waals surface area contributed by atoms with Gasteiger partial charge in [-0.2, -0.15) is 17.6 Å². The van der Waals surface area contributed by atoms with Crippen LogP contribution in [0.15, 0.2) is 12.3 Å². The first-order valence-corrected chi connectivity index (χ1v) is 3.67. The average molecular weight is 223 g/mol. The quantitative estimate of drug-likeness (QED) is 0.415. The van der Waals surface area contributed by atoms with Gasteiger partial charge in [-0.15, -0.1) is 0 Å². The number of carbonyl (C=O) groups is 1. The Labute approximate surface area is 81.7 Å². The van der Waals surface area contributed by atoms with E-state index in [1.54, 1.807) is 0 Å². The Morgan fingerprint density at radius 1 is 1.47 bits per heavy atom. The average Bonchev–Trinajstić information content (AvgIpc) is 2.14. The van der Waals surface area contributed by atoms with Crippen molar-refractivity contribution >= 4 is 5.97 Å². The van der Waals surface area contributed by atoms with Crippen LogP contribution < -0.4 is 0 Å². The summed E-state index contributed by atoms with van der Waals surface area (Å²) in [6.45, 7) is 0. The topological polar surface area (TPSA) is 39.2 Å². The number of methoxy groups -OCH3 is 1. The summed E-state index contributed by atoms with van der Waals surface area (Å²) in [5.41, 5.74) is -2.21. The van der Waals surface area contributed by atoms with Crippen LogP contribution in [-0.4, -0.2) is 18.1 Å². The molecule has 15 heavy (non-hydrogen) atoms. The fourth-order valence-corrected chi connectivity index (χ4v) is 0.935. The number of esters is 1. The van der Waals surface area contributed by atoms with Crippen LogP contribution in [0.25, 0.3) is 0 Å². The summed E-state index contributed by atoms with van der Waals surface area (Å²) in [7, 11) is 0.904. The van der Waals surface area contributed by atoms with Gasteiger partial charge in [0.15, 0.2) is 0 Å². The molecule has 0 atom stereocenters. The number of halogens is 4. The van der Waals surface area contributed by atoms with Gasteiger partial charge in [0.1, 0.15) is 0 Å². The summed E-state index contributed by atoms with van der Waals surface area (Å²) in [5.74, 6) is -2.44. The first kappa shape index (κ1) is 11.4. The van der Waals surface area contributed by atoms with E-state index in [0.717, 1.165) is 7.11 Å². The maximum Gasteiger partial charge on any atom is 0.418 e. The van der Waals surface area contributed by atoms with Gasteiger partial charge in [-0.05, 0) is 0 Å². The van der Waals surface area contributed by atoms with E-state index in [1.807, 2.05) is 0 Å². The minimum atomic E-state index is -4.77. The first-order chi connectivity index (χ1) is 6.86. The number of carbonyl (C=O) groups excluding carboxylic acids is 1. The lowest BCUT2D eigenvalue weighted by atomic mass is 10.1. The lowest BCUT2D eigenvalue weighted by Crippen LogP contribution is -2.15. The largest absolute Gasteiger partial charge is 0.465 e. The molecule has 0 radical (unpaired) electrons. The molecule has 3 nitrogen and oxygen atoms in total. The van der Waals surface area contributed by atoms with Crippen molar-refractivity contribution in [3.8, 4) is 0 Å². The highest BCUT2D eigenvalue weighted by Gasteiger charge is 2.36. The maximum atomic E-state index is 12.5. The van der Waals surface area contributed by atoms with Gasteiger partial charge in [-0.3, -0.25) is 0 Å². The minimum Gasteiger partial charge on any atom is -0.465 e. The molecule has 0 aliphatic heterocycles. The van der Waals surface area contributed by atoms with E-state index in [9.17, 15) is 22.4 Å². The number of hydrogen-bond donors (Lipinski definition) is 0. The minimum absolute atomic E-state index is 0.252. The predicted octanol–water partition coefficient (Wildman–Crippen LogP) is 2.03. The molecule has 0 saturated heterocycles. The zero-order chi connectivity index (χ0) is 11.6. The molecule has 1 aromatic heterocycles. The molecule has 0 spiro atoms. The molecule has 0 amide bonds. The van der Waals surface area contributed by atoms with Gasteiger partial charge in [0.05, 0.1) is 18.2 Å². The van der Waals surface area contributed by atoms with Crippen LogP contribution in [0.1, 0.15) is 15.9 Å². The van der Waals surface area contributed by atoms with Crippen molar-refractivity contribution in [2.24, 2.45) is 0 Å². The Morgan fingerprint density at radius 3 is 2.53 bits per heavy atom. The summed E-state index contributed by atoms with van der Waals surface area (Å²) in [5, 5.41) is 0. The van der Waals surface area contributed by atoms with E-state index < -0.39 is 29.2 Å². The van der Waals surface area contributed by atoms with Crippen molar-refractivity contribution in [3.05, 3.63) is 29.3 Å². The van der Waals surface area contributed by atoms with E-state index in [2.05, 4.69) is 9.72 Å². The van der Waals surface area contributed by atoms with Crippen molar-refractivity contribution in [2.45, 2.75) is 6.18 Å². The van der Waals surface area contributed by atoms with Gasteiger partial charge < -0.3 is 4.74 Å². The van der Waals surface area contributed by atoms with Gasteiger partial charge in [-0.25, -0.2) is 9.78 Å². The van der Waals surface area contributed by atoms with Crippen molar-refractivity contribution < 1.29 is 27.1 Å². The van der Waals surface area contributed by atoms with Gasteiger partial charge in [-0.1, -0.05) is 0 Å². The lowest BCUT2D eigenvalue weighted by molar-refractivity contribution is -0.138. The molecule has 0 bridgehead atoms. The molecule has 1 heterocycles. The zero-order valence-corrected chi connectivity index (χ0v) is 7.43. The van der Waals surface area contributed by atoms with E-state index >= 15 is 0 Å². The molecule has 7 heteroatoms. The van der Waals surface area contributed by atoms with E-state index in [-0.39, 0.29) is 6.20 Å². The third-order valence-electron chi connectivity index (χ3n) is 1.58. The fraction of sp³-hybridized carbons (Fsp3) is 0.250. The van der Waals surface area contributed by atoms with E-state index in [0.29, 0.717) is 6.07 Å². The van der Waals surface area contributed by atoms with Crippen molar-refractivity contribution in [2.75, 3.05) is 7.11 Å². The second kappa shape index (κ2) is 3.84. The van der Waals surface area contributed by atoms with Crippen LogP contribution in [0.2, 0.25) is 0 Å². The first-order valence-electron chi connectivity index (χ1n) is 3.67. The lowest BCUT2D eigenvalue weighted by Gasteiger charge is -2.10. The maximum absolute atomic E-state index is 12.5. The van der Waals surface area contributed by atoms with Crippen LogP contribution in [0.3, 0.4) is 0 Å². The second-order valence-electron chi connectivity index (χ2n) is 2.54. The number of ether oxygens (including phenoxy) is 1. The molecule has 1 aromatic rings. The SMILES string of the molecule is COC(=O)c1cc(F)ncc1C(F)(F)F. The molecule has 1 rings (SSSR count). The molecule has 0 saturated carbocycles. The molecule has 0 aliphatic carbocycles. The second-order valence-corrected chi connectivity index (χ2v) is 2.54. The molecule has 0 unspecified atom stereocenters. The highest BCUT2D eigenvalue weighted by molar-refractivity contribution is 5.91. The molecule has 0 N–H and O–H groups in total. The molecule has 0 fully saturated rings. The van der Waals surface area contributed by atoms with Crippen molar-refractivity contribution in [3.63, 3.8) is 0 Å². The molecular weight excluding hydrogens is 218 g/mol. The van der Waals surface area contributed by atoms with E-state index in [1.165, 1.54) is 0 Å². The molecule has 82 valence electrons. The molecular formula is C8H5F4NO2. The summed E-state index contributed by atoms with van der Waals surface area (Å²) in [6, 6.07) is 0.384.